The summed E-state index contributed by atoms with van der Waals surface area (Å²) in [6.45, 7) is 0.0972. The topological polar surface area (TPSA) is 9.72 Å². The van der Waals surface area contributed by atoms with E-state index in [2.05, 4.69) is 306 Å². The van der Waals surface area contributed by atoms with Crippen LogP contribution in [0.5, 0.6) is 0 Å². The molecule has 6 heteroatoms. The molecule has 19 rings (SSSR count). The molecule has 0 fully saturated rings. The predicted octanol–water partition coefficient (Wildman–Crippen LogP) is 15.4. The number of para-hydroxylation sites is 5. The van der Waals surface area contributed by atoms with Crippen molar-refractivity contribution < 1.29 is 0 Å². The number of rotatable bonds is 3. The normalized spacial score (nSPS) is 13.6. The van der Waals surface area contributed by atoms with Gasteiger partial charge in [-0.15, -0.1) is 0 Å². The number of nitrogens with zero attached hydrogens (tertiary/aromatic N) is 3. The van der Waals surface area contributed by atoms with E-state index in [1.54, 1.807) is 0 Å². The summed E-state index contributed by atoms with van der Waals surface area (Å²) in [4.78, 5) is 7.78. The van der Waals surface area contributed by atoms with Crippen molar-refractivity contribution in [3.8, 4) is 100 Å². The Morgan fingerprint density at radius 3 is 0.714 bits per heavy atom. The molecule has 0 N–H and O–H groups in total. The van der Waals surface area contributed by atoms with Crippen LogP contribution in [0.4, 0.5) is 34.1 Å². The quantitative estimate of drug-likeness (QED) is 0.163. The fraction of sp³-hybridized carbons (Fsp3) is 0. The van der Waals surface area contributed by atoms with E-state index in [1.165, 1.54) is 167 Å². The number of hydrogen-bond donors (Lipinski definition) is 0. The van der Waals surface area contributed by atoms with Gasteiger partial charge in [-0.05, 0) is 172 Å². The standard InChI is InChI=1S/C78H48B3N3/c1-10-28-67-55(19-1)61-25-7-16-34-75(61)84-78-42-39-51(48-66(78)58-22-4-13-31-70(58)79(67)84)54-44-52(49-37-40-71-64(46-49)62-26-8-17-35-76(62)82-73-32-14-5-23-59(73)56-20-2-11-29-68(56)80(71)82)43-53(45-54)50-38-41-72-65(47-50)63-27-9-18-36-77(63)83-74-33-15-6-24-60(74)57-21-3-12-30-69(57)81(72)83/h1-48H. The van der Waals surface area contributed by atoms with Gasteiger partial charge in [0, 0.05) is 67.5 Å². The molecule has 0 unspecified atom stereocenters. The summed E-state index contributed by atoms with van der Waals surface area (Å²) in [5, 5.41) is 0. The maximum Gasteiger partial charge on any atom is 0.329 e. The van der Waals surface area contributed by atoms with Crippen molar-refractivity contribution in [2.45, 2.75) is 0 Å². The lowest BCUT2D eigenvalue weighted by molar-refractivity contribution is 1.35. The van der Waals surface area contributed by atoms with Crippen molar-refractivity contribution in [3.05, 3.63) is 291 Å². The SMILES string of the molecule is c1ccc2c(c1)B1c3ccc(-c4cc(-c5ccc6c(c5)-c5ccccc5N5B6c6ccccc6-c6ccccc65)cc(-c5ccc6c(c5)-c5ccccc5B5c7ccccc7-c7ccccc7N56)c4)cc3-c3ccccc3N1c1ccccc1-2. The van der Waals surface area contributed by atoms with Gasteiger partial charge in [-0.3, -0.25) is 0 Å². The highest BCUT2D eigenvalue weighted by Gasteiger charge is 2.45. The molecule has 0 saturated heterocycles. The van der Waals surface area contributed by atoms with E-state index in [9.17, 15) is 0 Å². The minimum Gasteiger partial charge on any atom is -0.376 e. The zero-order valence-electron chi connectivity index (χ0n) is 45.8. The summed E-state index contributed by atoms with van der Waals surface area (Å²) in [7, 11) is 0. The number of benzene rings is 13. The van der Waals surface area contributed by atoms with Gasteiger partial charge in [0.05, 0.1) is 0 Å². The first-order chi connectivity index (χ1) is 41.7. The molecule has 3 nitrogen and oxygen atoms in total. The first-order valence-corrected chi connectivity index (χ1v) is 29.5. The molecular formula is C78H48B3N3. The van der Waals surface area contributed by atoms with Crippen molar-refractivity contribution in [1.82, 2.24) is 0 Å². The predicted molar refractivity (Wildman–Crippen MR) is 356 cm³/mol. The molecule has 6 heterocycles. The summed E-state index contributed by atoms with van der Waals surface area (Å²) < 4.78 is 0. The molecule has 13 aromatic rings. The van der Waals surface area contributed by atoms with E-state index < -0.39 is 0 Å². The number of hydrogen-bond acceptors (Lipinski definition) is 3. The first-order valence-electron chi connectivity index (χ1n) is 29.5. The van der Waals surface area contributed by atoms with Crippen molar-refractivity contribution in [1.29, 1.82) is 0 Å². The highest BCUT2D eigenvalue weighted by Crippen LogP contribution is 2.51. The van der Waals surface area contributed by atoms with Gasteiger partial charge in [-0.25, -0.2) is 0 Å². The summed E-state index contributed by atoms with van der Waals surface area (Å²) >= 11 is 0. The third-order valence-electron chi connectivity index (χ3n) is 19.2. The Hall–Kier alpha value is -10.5. The maximum absolute atomic E-state index is 2.60. The second-order valence-corrected chi connectivity index (χ2v) is 23.4. The van der Waals surface area contributed by atoms with Gasteiger partial charge in [-0.2, -0.15) is 0 Å². The summed E-state index contributed by atoms with van der Waals surface area (Å²) in [6, 6.07) is 110. The average molecular weight is 1060 g/mol. The smallest absolute Gasteiger partial charge is 0.329 e. The van der Waals surface area contributed by atoms with Gasteiger partial charge in [-0.1, -0.05) is 218 Å². The van der Waals surface area contributed by atoms with Crippen LogP contribution in [0.25, 0.3) is 100 Å². The van der Waals surface area contributed by atoms with Crippen LogP contribution in [0.15, 0.2) is 291 Å². The van der Waals surface area contributed by atoms with Crippen LogP contribution in [0.1, 0.15) is 0 Å². The van der Waals surface area contributed by atoms with Gasteiger partial charge in [0.25, 0.3) is 0 Å². The largest absolute Gasteiger partial charge is 0.376 e. The molecule has 0 atom stereocenters. The van der Waals surface area contributed by atoms with Crippen LogP contribution in [0, 0.1) is 0 Å². The van der Waals surface area contributed by atoms with Crippen LogP contribution in [-0.2, 0) is 0 Å². The molecule has 6 aliphatic heterocycles. The van der Waals surface area contributed by atoms with Crippen LogP contribution in [0.2, 0.25) is 0 Å². The lowest BCUT2D eigenvalue weighted by Crippen LogP contribution is -2.59. The Kier molecular flexibility index (Phi) is 9.60. The molecule has 0 aliphatic carbocycles. The van der Waals surface area contributed by atoms with Crippen molar-refractivity contribution in [2.75, 3.05) is 14.4 Å². The Bertz CT molecular complexity index is 4500. The monoisotopic (exact) mass is 1060 g/mol. The van der Waals surface area contributed by atoms with E-state index in [1.807, 2.05) is 0 Å². The fourth-order valence-corrected chi connectivity index (χ4v) is 15.7. The summed E-state index contributed by atoms with van der Waals surface area (Å²) in [5.41, 5.74) is 37.8. The van der Waals surface area contributed by atoms with E-state index >= 15 is 0 Å². The molecule has 0 amide bonds. The second kappa shape index (κ2) is 17.5. The molecule has 0 bridgehead atoms. The van der Waals surface area contributed by atoms with Crippen LogP contribution in [0.3, 0.4) is 0 Å². The van der Waals surface area contributed by atoms with Crippen LogP contribution >= 0.6 is 0 Å². The Balaban J connectivity index is 0.815. The highest BCUT2D eigenvalue weighted by molar-refractivity contribution is 6.94. The van der Waals surface area contributed by atoms with Gasteiger partial charge >= 0.3 is 20.5 Å². The molecular weight excluding hydrogens is 1010 g/mol. The highest BCUT2D eigenvalue weighted by atomic mass is 15.1. The van der Waals surface area contributed by atoms with E-state index in [0.29, 0.717) is 0 Å². The Morgan fingerprint density at radius 1 is 0.155 bits per heavy atom. The van der Waals surface area contributed by atoms with Crippen molar-refractivity contribution in [2.24, 2.45) is 0 Å². The molecule has 84 heavy (non-hydrogen) atoms. The zero-order chi connectivity index (χ0) is 54.7. The van der Waals surface area contributed by atoms with Gasteiger partial charge < -0.3 is 14.4 Å². The third-order valence-corrected chi connectivity index (χ3v) is 19.2. The second-order valence-electron chi connectivity index (χ2n) is 23.4. The molecule has 384 valence electrons. The molecule has 0 spiro atoms. The Morgan fingerprint density at radius 2 is 0.381 bits per heavy atom. The lowest BCUT2D eigenvalue weighted by atomic mass is 9.43. The van der Waals surface area contributed by atoms with Gasteiger partial charge in [0.15, 0.2) is 0 Å². The minimum atomic E-state index is 0.0224. The molecule has 0 saturated carbocycles. The zero-order valence-corrected chi connectivity index (χ0v) is 45.8. The van der Waals surface area contributed by atoms with Gasteiger partial charge in [0.2, 0.25) is 0 Å². The van der Waals surface area contributed by atoms with Gasteiger partial charge in [0.1, 0.15) is 0 Å². The van der Waals surface area contributed by atoms with Crippen molar-refractivity contribution >= 4 is 87.4 Å². The number of anilines is 6. The first kappa shape index (κ1) is 46.1. The minimum absolute atomic E-state index is 0.0224. The molecule has 0 radical (unpaired) electrons. The molecule has 13 aromatic carbocycles. The van der Waals surface area contributed by atoms with Crippen LogP contribution < -0.4 is 47.2 Å². The maximum atomic E-state index is 2.60. The summed E-state index contributed by atoms with van der Waals surface area (Å²) in [5.74, 6) is 0. The summed E-state index contributed by atoms with van der Waals surface area (Å²) in [6.07, 6.45) is 0. The van der Waals surface area contributed by atoms with Crippen LogP contribution in [-0.4, -0.2) is 20.5 Å². The molecule has 0 aromatic heterocycles. The Labute approximate surface area is 490 Å². The van der Waals surface area contributed by atoms with E-state index in [0.717, 1.165) is 0 Å². The van der Waals surface area contributed by atoms with Crippen molar-refractivity contribution in [3.63, 3.8) is 0 Å². The fourth-order valence-electron chi connectivity index (χ4n) is 15.7. The van der Waals surface area contributed by atoms with E-state index in [-0.39, 0.29) is 20.5 Å². The number of fused-ring (bicyclic) bond motifs is 33. The van der Waals surface area contributed by atoms with E-state index in [4.69, 9.17) is 0 Å². The average Bonchev–Trinajstić information content (AvgIpc) is 1.39. The third kappa shape index (κ3) is 6.40. The lowest BCUT2D eigenvalue weighted by Gasteiger charge is -2.43. The molecule has 6 aliphatic rings.